The van der Waals surface area contributed by atoms with E-state index in [4.69, 9.17) is 23.2 Å². The molecule has 0 atom stereocenters. The minimum absolute atomic E-state index is 0.0243. The number of amides is 2. The van der Waals surface area contributed by atoms with Crippen molar-refractivity contribution in [1.82, 2.24) is 10.2 Å². The summed E-state index contributed by atoms with van der Waals surface area (Å²) in [5, 5.41) is 3.48. The lowest BCUT2D eigenvalue weighted by atomic mass is 10.1. The molecule has 0 aliphatic heterocycles. The zero-order valence-electron chi connectivity index (χ0n) is 13.5. The maximum Gasteiger partial charge on any atom is 0.251 e. The molecule has 2 aromatic rings. The number of carbonyl (C=O) groups is 2. The van der Waals surface area contributed by atoms with Crippen LogP contribution in [0.4, 0.5) is 0 Å². The van der Waals surface area contributed by atoms with Crippen LogP contribution >= 0.6 is 23.2 Å². The van der Waals surface area contributed by atoms with Gasteiger partial charge in [-0.15, -0.1) is 0 Å². The Morgan fingerprint density at radius 2 is 1.62 bits per heavy atom. The van der Waals surface area contributed by atoms with Crippen molar-refractivity contribution in [3.63, 3.8) is 0 Å². The molecule has 0 heterocycles. The molecule has 2 aromatic carbocycles. The Balaban J connectivity index is 1.98. The van der Waals surface area contributed by atoms with Crippen molar-refractivity contribution in [3.05, 3.63) is 69.2 Å². The molecule has 0 aliphatic carbocycles. The van der Waals surface area contributed by atoms with Gasteiger partial charge in [-0.25, -0.2) is 0 Å². The summed E-state index contributed by atoms with van der Waals surface area (Å²) in [6, 6.07) is 12.3. The Labute approximate surface area is 151 Å². The summed E-state index contributed by atoms with van der Waals surface area (Å²) in [6.07, 6.45) is 0.254. The van der Waals surface area contributed by atoms with Gasteiger partial charge < -0.3 is 10.2 Å². The highest BCUT2D eigenvalue weighted by atomic mass is 35.5. The van der Waals surface area contributed by atoms with Crippen LogP contribution in [0.15, 0.2) is 42.5 Å². The predicted molar refractivity (Wildman–Crippen MR) is 96.5 cm³/mol. The van der Waals surface area contributed by atoms with Crippen LogP contribution < -0.4 is 5.32 Å². The number of nitrogens with zero attached hydrogens (tertiary/aromatic N) is 1. The van der Waals surface area contributed by atoms with E-state index in [2.05, 4.69) is 5.32 Å². The summed E-state index contributed by atoms with van der Waals surface area (Å²) in [7, 11) is 3.33. The fourth-order valence-electron chi connectivity index (χ4n) is 2.23. The molecular formula is C18H18Cl2N2O2. The number of hydrogen-bond acceptors (Lipinski definition) is 2. The first-order chi connectivity index (χ1) is 11.4. The molecule has 126 valence electrons. The van der Waals surface area contributed by atoms with Gasteiger partial charge in [0.25, 0.3) is 5.91 Å². The Kier molecular flexibility index (Phi) is 6.23. The number of nitrogens with one attached hydrogen (secondary N) is 1. The predicted octanol–water partition coefficient (Wildman–Crippen LogP) is 3.55. The minimum atomic E-state index is -0.134. The van der Waals surface area contributed by atoms with E-state index in [0.29, 0.717) is 22.2 Å². The topological polar surface area (TPSA) is 49.4 Å². The van der Waals surface area contributed by atoms with Gasteiger partial charge >= 0.3 is 0 Å². The van der Waals surface area contributed by atoms with E-state index < -0.39 is 0 Å². The molecule has 0 aromatic heterocycles. The van der Waals surface area contributed by atoms with Crippen molar-refractivity contribution in [1.29, 1.82) is 0 Å². The highest BCUT2D eigenvalue weighted by Gasteiger charge is 2.12. The maximum atomic E-state index is 12.3. The van der Waals surface area contributed by atoms with Crippen molar-refractivity contribution in [2.75, 3.05) is 14.1 Å². The third kappa shape index (κ3) is 4.73. The summed E-state index contributed by atoms with van der Waals surface area (Å²) in [5.41, 5.74) is 2.36. The van der Waals surface area contributed by atoms with Gasteiger partial charge in [0.15, 0.2) is 0 Å². The van der Waals surface area contributed by atoms with Gasteiger partial charge in [0.05, 0.1) is 16.5 Å². The molecule has 0 bridgehead atoms. The second-order valence-corrected chi connectivity index (χ2v) is 6.27. The van der Waals surface area contributed by atoms with E-state index in [1.54, 1.807) is 49.3 Å². The summed E-state index contributed by atoms with van der Waals surface area (Å²) in [5.74, 6) is -0.158. The number of carbonyl (C=O) groups excluding carboxylic acids is 2. The molecule has 0 aliphatic rings. The average Bonchev–Trinajstić information content (AvgIpc) is 2.58. The summed E-state index contributed by atoms with van der Waals surface area (Å²) in [6.45, 7) is 0.466. The number of likely N-dealkylation sites (N-methyl/N-ethyl adjacent to an activating group) is 1. The van der Waals surface area contributed by atoms with Crippen LogP contribution in [-0.2, 0) is 17.8 Å². The lowest BCUT2D eigenvalue weighted by Crippen LogP contribution is -2.27. The molecule has 0 unspecified atom stereocenters. The van der Waals surface area contributed by atoms with Crippen molar-refractivity contribution >= 4 is 35.0 Å². The summed E-state index contributed by atoms with van der Waals surface area (Å²) >= 11 is 11.8. The largest absolute Gasteiger partial charge is 0.355 e. The third-order valence-corrected chi connectivity index (χ3v) is 4.37. The third-order valence-electron chi connectivity index (χ3n) is 3.63. The highest BCUT2D eigenvalue weighted by molar-refractivity contribution is 6.42. The highest BCUT2D eigenvalue weighted by Crippen LogP contribution is 2.23. The molecule has 2 amide bonds. The first kappa shape index (κ1) is 18.3. The van der Waals surface area contributed by atoms with Gasteiger partial charge in [0.1, 0.15) is 0 Å². The summed E-state index contributed by atoms with van der Waals surface area (Å²) < 4.78 is 0. The van der Waals surface area contributed by atoms with Gasteiger partial charge in [-0.05, 0) is 35.4 Å². The molecule has 0 radical (unpaired) electrons. The van der Waals surface area contributed by atoms with E-state index in [1.165, 1.54) is 0 Å². The first-order valence-electron chi connectivity index (χ1n) is 7.39. The van der Waals surface area contributed by atoms with Gasteiger partial charge in [-0.2, -0.15) is 0 Å². The number of rotatable bonds is 5. The zero-order chi connectivity index (χ0) is 17.7. The van der Waals surface area contributed by atoms with Crippen molar-refractivity contribution in [3.8, 4) is 0 Å². The molecule has 0 saturated heterocycles. The smallest absolute Gasteiger partial charge is 0.251 e. The first-order valence-corrected chi connectivity index (χ1v) is 8.15. The van der Waals surface area contributed by atoms with Crippen molar-refractivity contribution < 1.29 is 9.59 Å². The molecular weight excluding hydrogens is 347 g/mol. The van der Waals surface area contributed by atoms with Crippen LogP contribution in [0, 0.1) is 0 Å². The standard InChI is InChI=1S/C18H18Cl2N2O2/c1-21-18(24)14-6-3-12(4-7-14)11-22(2)17(23)10-13-5-8-15(19)16(20)9-13/h3-9H,10-11H2,1-2H3,(H,21,24). The molecule has 24 heavy (non-hydrogen) atoms. The molecule has 0 saturated carbocycles. The number of benzene rings is 2. The van der Waals surface area contributed by atoms with Gasteiger partial charge in [-0.3, -0.25) is 9.59 Å². The Morgan fingerprint density at radius 3 is 2.21 bits per heavy atom. The molecule has 2 rings (SSSR count). The Morgan fingerprint density at radius 1 is 1.00 bits per heavy atom. The van der Waals surface area contributed by atoms with E-state index >= 15 is 0 Å². The fraction of sp³-hybridized carbons (Fsp3) is 0.222. The van der Waals surface area contributed by atoms with Gasteiger partial charge in [-0.1, -0.05) is 41.4 Å². The van der Waals surface area contributed by atoms with Crippen LogP contribution in [0.1, 0.15) is 21.5 Å². The van der Waals surface area contributed by atoms with Gasteiger partial charge in [0.2, 0.25) is 5.91 Å². The van der Waals surface area contributed by atoms with Gasteiger partial charge in [0, 0.05) is 26.2 Å². The lowest BCUT2D eigenvalue weighted by molar-refractivity contribution is -0.129. The summed E-state index contributed by atoms with van der Waals surface area (Å²) in [4.78, 5) is 25.5. The van der Waals surface area contributed by atoms with Crippen LogP contribution in [0.2, 0.25) is 10.0 Å². The normalized spacial score (nSPS) is 10.3. The molecule has 4 nitrogen and oxygen atoms in total. The fourth-order valence-corrected chi connectivity index (χ4v) is 2.55. The van der Waals surface area contributed by atoms with Crippen LogP contribution in [0.25, 0.3) is 0 Å². The molecule has 6 heteroatoms. The van der Waals surface area contributed by atoms with Crippen molar-refractivity contribution in [2.24, 2.45) is 0 Å². The van der Waals surface area contributed by atoms with E-state index in [-0.39, 0.29) is 18.2 Å². The van der Waals surface area contributed by atoms with E-state index in [1.807, 2.05) is 12.1 Å². The second-order valence-electron chi connectivity index (χ2n) is 5.45. The van der Waals surface area contributed by atoms with Crippen molar-refractivity contribution in [2.45, 2.75) is 13.0 Å². The van der Waals surface area contributed by atoms with E-state index in [9.17, 15) is 9.59 Å². The van der Waals surface area contributed by atoms with Crippen LogP contribution in [0.3, 0.4) is 0 Å². The number of halogens is 2. The van der Waals surface area contributed by atoms with Crippen LogP contribution in [0.5, 0.6) is 0 Å². The lowest BCUT2D eigenvalue weighted by Gasteiger charge is -2.17. The Bertz CT molecular complexity index is 745. The monoisotopic (exact) mass is 364 g/mol. The molecule has 0 fully saturated rings. The SMILES string of the molecule is CNC(=O)c1ccc(CN(C)C(=O)Cc2ccc(Cl)c(Cl)c2)cc1. The Hall–Kier alpha value is -2.04. The quantitative estimate of drug-likeness (QED) is 0.881. The second kappa shape index (κ2) is 8.18. The van der Waals surface area contributed by atoms with E-state index in [0.717, 1.165) is 11.1 Å². The number of hydrogen-bond donors (Lipinski definition) is 1. The maximum absolute atomic E-state index is 12.3. The average molecular weight is 365 g/mol. The molecule has 1 N–H and O–H groups in total. The minimum Gasteiger partial charge on any atom is -0.355 e. The van der Waals surface area contributed by atoms with Crippen LogP contribution in [-0.4, -0.2) is 30.8 Å². The zero-order valence-corrected chi connectivity index (χ0v) is 15.0. The molecule has 0 spiro atoms.